The molecule has 1 aromatic heterocycles. The van der Waals surface area contributed by atoms with Gasteiger partial charge in [0.2, 0.25) is 5.91 Å². The average molecular weight is 452 g/mol. The van der Waals surface area contributed by atoms with Crippen molar-refractivity contribution < 1.29 is 4.79 Å². The number of rotatable bonds is 7. The fourth-order valence-corrected chi connectivity index (χ4v) is 5.23. The van der Waals surface area contributed by atoms with Crippen LogP contribution in [0, 0.1) is 0 Å². The van der Waals surface area contributed by atoms with Crippen molar-refractivity contribution in [3.63, 3.8) is 0 Å². The van der Waals surface area contributed by atoms with E-state index in [2.05, 4.69) is 113 Å². The molecule has 0 spiro atoms. The van der Waals surface area contributed by atoms with Crippen LogP contribution in [0.1, 0.15) is 29.0 Å². The van der Waals surface area contributed by atoms with Gasteiger partial charge in [-0.05, 0) is 35.1 Å². The van der Waals surface area contributed by atoms with E-state index in [0.29, 0.717) is 6.42 Å². The Labute approximate surface area is 202 Å². The molecule has 3 aromatic carbocycles. The number of amides is 1. The number of nitrogens with zero attached hydrogens (tertiary/aromatic N) is 3. The van der Waals surface area contributed by atoms with Crippen molar-refractivity contribution in [2.45, 2.75) is 25.3 Å². The van der Waals surface area contributed by atoms with E-state index >= 15 is 0 Å². The molecule has 0 bridgehead atoms. The molecule has 1 aliphatic heterocycles. The molecule has 5 rings (SSSR count). The lowest BCUT2D eigenvalue weighted by Gasteiger charge is -2.35. The Kier molecular flexibility index (Phi) is 6.77. The number of carbonyl (C=O) groups excluding carboxylic acids is 1. The first-order valence-electron chi connectivity index (χ1n) is 12.3. The number of benzene rings is 3. The van der Waals surface area contributed by atoms with Gasteiger partial charge in [0.15, 0.2) is 0 Å². The molecule has 4 nitrogen and oxygen atoms in total. The van der Waals surface area contributed by atoms with E-state index in [0.717, 1.165) is 39.1 Å². The quantitative estimate of drug-likeness (QED) is 0.384. The Morgan fingerprint density at radius 2 is 1.41 bits per heavy atom. The Morgan fingerprint density at radius 1 is 0.794 bits per heavy atom. The molecular weight excluding hydrogens is 418 g/mol. The van der Waals surface area contributed by atoms with Crippen molar-refractivity contribution in [1.82, 2.24) is 14.4 Å². The van der Waals surface area contributed by atoms with Gasteiger partial charge in [0.25, 0.3) is 0 Å². The Morgan fingerprint density at radius 3 is 2.12 bits per heavy atom. The van der Waals surface area contributed by atoms with E-state index in [1.807, 2.05) is 0 Å². The fourth-order valence-electron chi connectivity index (χ4n) is 5.23. The zero-order valence-corrected chi connectivity index (χ0v) is 19.9. The minimum atomic E-state index is 0.156. The van der Waals surface area contributed by atoms with Gasteiger partial charge in [-0.1, -0.05) is 78.9 Å². The lowest BCUT2D eigenvalue weighted by atomic mass is 9.88. The molecule has 1 unspecified atom stereocenters. The van der Waals surface area contributed by atoms with Crippen molar-refractivity contribution in [2.24, 2.45) is 7.05 Å². The third-order valence-electron chi connectivity index (χ3n) is 7.09. The van der Waals surface area contributed by atoms with Gasteiger partial charge in [-0.15, -0.1) is 0 Å². The van der Waals surface area contributed by atoms with Gasteiger partial charge in [0.1, 0.15) is 0 Å². The zero-order valence-electron chi connectivity index (χ0n) is 19.9. The summed E-state index contributed by atoms with van der Waals surface area (Å²) in [4.78, 5) is 18.0. The second-order valence-corrected chi connectivity index (χ2v) is 9.45. The van der Waals surface area contributed by atoms with Crippen molar-refractivity contribution in [3.05, 3.63) is 108 Å². The number of aryl methyl sites for hydroxylation is 1. The molecule has 1 amide bonds. The van der Waals surface area contributed by atoms with E-state index in [-0.39, 0.29) is 11.8 Å². The monoisotopic (exact) mass is 451 g/mol. The number of para-hydroxylation sites is 1. The van der Waals surface area contributed by atoms with Crippen LogP contribution in [0.25, 0.3) is 10.9 Å². The van der Waals surface area contributed by atoms with Crippen LogP contribution in [0.2, 0.25) is 0 Å². The highest BCUT2D eigenvalue weighted by Gasteiger charge is 2.26. The smallest absolute Gasteiger partial charge is 0.223 e. The summed E-state index contributed by atoms with van der Waals surface area (Å²) in [5.41, 5.74) is 5.11. The lowest BCUT2D eigenvalue weighted by Crippen LogP contribution is -2.48. The number of hydrogen-bond acceptors (Lipinski definition) is 2. The SMILES string of the molecule is Cn1cc(C(CC(=O)N2CCN(Cc3ccccc3)CC2)Cc2ccccc2)c2ccccc21. The van der Waals surface area contributed by atoms with Crippen LogP contribution in [-0.2, 0) is 24.8 Å². The molecular formula is C30H33N3O. The molecule has 0 aliphatic carbocycles. The summed E-state index contributed by atoms with van der Waals surface area (Å²) in [6, 6.07) is 29.7. The summed E-state index contributed by atoms with van der Waals surface area (Å²) >= 11 is 0. The summed E-state index contributed by atoms with van der Waals surface area (Å²) in [5.74, 6) is 0.427. The van der Waals surface area contributed by atoms with E-state index in [1.165, 1.54) is 27.6 Å². The first-order valence-corrected chi connectivity index (χ1v) is 12.3. The minimum absolute atomic E-state index is 0.156. The van der Waals surface area contributed by atoms with Gasteiger partial charge in [-0.25, -0.2) is 0 Å². The number of piperazine rings is 1. The standard InChI is InChI=1S/C30H33N3O/c1-31-23-28(27-14-8-9-15-29(27)31)26(20-24-10-4-2-5-11-24)21-30(34)33-18-16-32(17-19-33)22-25-12-6-3-7-13-25/h2-15,23,26H,16-22H2,1H3. The Bertz CT molecular complexity index is 1220. The third kappa shape index (κ3) is 5.07. The molecule has 174 valence electrons. The molecule has 1 fully saturated rings. The van der Waals surface area contributed by atoms with Gasteiger partial charge in [0.05, 0.1) is 0 Å². The van der Waals surface area contributed by atoms with Crippen LogP contribution in [0.3, 0.4) is 0 Å². The van der Waals surface area contributed by atoms with Crippen molar-refractivity contribution in [3.8, 4) is 0 Å². The molecule has 2 heterocycles. The fraction of sp³-hybridized carbons (Fsp3) is 0.300. The van der Waals surface area contributed by atoms with Gasteiger partial charge >= 0.3 is 0 Å². The molecule has 0 saturated carbocycles. The highest BCUT2D eigenvalue weighted by atomic mass is 16.2. The summed E-state index contributed by atoms with van der Waals surface area (Å²) < 4.78 is 2.19. The van der Waals surface area contributed by atoms with Crippen LogP contribution < -0.4 is 0 Å². The summed E-state index contributed by atoms with van der Waals surface area (Å²) in [6.07, 6.45) is 3.64. The van der Waals surface area contributed by atoms with E-state index in [4.69, 9.17) is 0 Å². The van der Waals surface area contributed by atoms with E-state index < -0.39 is 0 Å². The molecule has 1 aliphatic rings. The maximum Gasteiger partial charge on any atom is 0.223 e. The Hall–Kier alpha value is -3.37. The molecule has 0 N–H and O–H groups in total. The van der Waals surface area contributed by atoms with Gasteiger partial charge in [-0.2, -0.15) is 0 Å². The highest BCUT2D eigenvalue weighted by molar-refractivity contribution is 5.86. The normalized spacial score (nSPS) is 15.5. The number of fused-ring (bicyclic) bond motifs is 1. The largest absolute Gasteiger partial charge is 0.350 e. The zero-order chi connectivity index (χ0) is 23.3. The third-order valence-corrected chi connectivity index (χ3v) is 7.09. The average Bonchev–Trinajstić information content (AvgIpc) is 3.22. The maximum atomic E-state index is 13.5. The van der Waals surface area contributed by atoms with Crippen molar-refractivity contribution in [1.29, 1.82) is 0 Å². The molecule has 1 atom stereocenters. The molecule has 4 aromatic rings. The van der Waals surface area contributed by atoms with Crippen LogP contribution >= 0.6 is 0 Å². The van der Waals surface area contributed by atoms with Crippen LogP contribution in [0.15, 0.2) is 91.1 Å². The van der Waals surface area contributed by atoms with Gasteiger partial charge in [0, 0.05) is 63.3 Å². The second kappa shape index (κ2) is 10.3. The Balaban J connectivity index is 1.30. The summed E-state index contributed by atoms with van der Waals surface area (Å²) in [5, 5.41) is 1.26. The second-order valence-electron chi connectivity index (χ2n) is 9.45. The van der Waals surface area contributed by atoms with E-state index in [1.54, 1.807) is 0 Å². The molecule has 0 radical (unpaired) electrons. The number of aromatic nitrogens is 1. The topological polar surface area (TPSA) is 28.5 Å². The molecule has 4 heteroatoms. The summed E-state index contributed by atoms with van der Waals surface area (Å²) in [7, 11) is 2.10. The first kappa shape index (κ1) is 22.4. The van der Waals surface area contributed by atoms with Crippen LogP contribution in [0.4, 0.5) is 0 Å². The maximum absolute atomic E-state index is 13.5. The van der Waals surface area contributed by atoms with Crippen molar-refractivity contribution >= 4 is 16.8 Å². The van der Waals surface area contributed by atoms with Crippen molar-refractivity contribution in [2.75, 3.05) is 26.2 Å². The minimum Gasteiger partial charge on any atom is -0.350 e. The van der Waals surface area contributed by atoms with Gasteiger partial charge < -0.3 is 9.47 Å². The van der Waals surface area contributed by atoms with Gasteiger partial charge in [-0.3, -0.25) is 9.69 Å². The number of hydrogen-bond donors (Lipinski definition) is 0. The predicted molar refractivity (Wildman–Crippen MR) is 139 cm³/mol. The highest BCUT2D eigenvalue weighted by Crippen LogP contribution is 2.32. The van der Waals surface area contributed by atoms with Crippen LogP contribution in [-0.4, -0.2) is 46.5 Å². The summed E-state index contributed by atoms with van der Waals surface area (Å²) in [6.45, 7) is 4.42. The predicted octanol–water partition coefficient (Wildman–Crippen LogP) is 5.24. The molecule has 1 saturated heterocycles. The first-order chi connectivity index (χ1) is 16.7. The van der Waals surface area contributed by atoms with E-state index in [9.17, 15) is 4.79 Å². The van der Waals surface area contributed by atoms with Crippen LogP contribution in [0.5, 0.6) is 0 Å². The molecule has 34 heavy (non-hydrogen) atoms. The number of carbonyl (C=O) groups is 1. The lowest BCUT2D eigenvalue weighted by molar-refractivity contribution is -0.133.